The number of hydrogen-bond donors (Lipinski definition) is 1. The monoisotopic (exact) mass is 212 g/mol. The Morgan fingerprint density at radius 3 is 3.00 bits per heavy atom. The van der Waals surface area contributed by atoms with Gasteiger partial charge in [-0.1, -0.05) is 0 Å². The van der Waals surface area contributed by atoms with Gasteiger partial charge in [0.05, 0.1) is 6.61 Å². The maximum Gasteiger partial charge on any atom is 0.199 e. The molecular formula is C11H13FO3. The molecule has 0 aromatic heterocycles. The summed E-state index contributed by atoms with van der Waals surface area (Å²) >= 11 is 0. The number of halogens is 1. The van der Waals surface area contributed by atoms with Crippen LogP contribution in [0.25, 0.3) is 0 Å². The Labute approximate surface area is 87.4 Å². The van der Waals surface area contributed by atoms with Crippen molar-refractivity contribution >= 4 is 0 Å². The summed E-state index contributed by atoms with van der Waals surface area (Å²) in [5.74, 6) is -0.453. The minimum Gasteiger partial charge on any atom is -0.508 e. The van der Waals surface area contributed by atoms with Gasteiger partial charge in [-0.05, 0) is 25.0 Å². The second kappa shape index (κ2) is 4.49. The highest BCUT2D eigenvalue weighted by Gasteiger charge is 2.17. The molecule has 15 heavy (non-hydrogen) atoms. The molecule has 0 radical (unpaired) electrons. The number of phenols is 1. The van der Waals surface area contributed by atoms with Crippen molar-refractivity contribution in [1.29, 1.82) is 0 Å². The molecule has 1 aromatic rings. The molecule has 82 valence electrons. The van der Waals surface area contributed by atoms with Crippen LogP contribution in [0.15, 0.2) is 18.2 Å². The fraction of sp³-hybridized carbons (Fsp3) is 0.455. The normalized spacial score (nSPS) is 21.3. The van der Waals surface area contributed by atoms with Gasteiger partial charge in [-0.2, -0.15) is 0 Å². The average Bonchev–Trinajstić information content (AvgIpc) is 2.25. The van der Waals surface area contributed by atoms with E-state index in [0.29, 0.717) is 6.61 Å². The summed E-state index contributed by atoms with van der Waals surface area (Å²) in [4.78, 5) is 0. The summed E-state index contributed by atoms with van der Waals surface area (Å²) in [5.41, 5.74) is 0. The van der Waals surface area contributed by atoms with Gasteiger partial charge in [0.25, 0.3) is 0 Å². The number of rotatable bonds is 2. The van der Waals surface area contributed by atoms with Crippen molar-refractivity contribution in [3.05, 3.63) is 24.0 Å². The highest BCUT2D eigenvalue weighted by molar-refractivity contribution is 5.33. The lowest BCUT2D eigenvalue weighted by Crippen LogP contribution is -2.25. The molecule has 1 heterocycles. The van der Waals surface area contributed by atoms with Crippen molar-refractivity contribution < 1.29 is 19.0 Å². The van der Waals surface area contributed by atoms with Crippen LogP contribution in [0.5, 0.6) is 11.5 Å². The first-order valence-electron chi connectivity index (χ1n) is 5.02. The largest absolute Gasteiger partial charge is 0.508 e. The molecule has 0 saturated carbocycles. The predicted octanol–water partition coefficient (Wildman–Crippen LogP) is 2.44. The van der Waals surface area contributed by atoms with Crippen molar-refractivity contribution in [2.24, 2.45) is 0 Å². The van der Waals surface area contributed by atoms with Crippen LogP contribution in [0.2, 0.25) is 0 Å². The first-order chi connectivity index (χ1) is 7.25. The SMILES string of the molecule is Oc1ccc(F)c(O[C@H]2CCCCO2)c1. The number of benzene rings is 1. The molecule has 2 rings (SSSR count). The molecule has 0 bridgehead atoms. The van der Waals surface area contributed by atoms with Gasteiger partial charge >= 0.3 is 0 Å². The summed E-state index contributed by atoms with van der Waals surface area (Å²) in [6, 6.07) is 3.71. The zero-order chi connectivity index (χ0) is 10.7. The Kier molecular flexibility index (Phi) is 3.06. The van der Waals surface area contributed by atoms with Gasteiger partial charge in [0.2, 0.25) is 0 Å². The second-order valence-electron chi connectivity index (χ2n) is 3.53. The van der Waals surface area contributed by atoms with Gasteiger partial charge in [0.15, 0.2) is 17.9 Å². The van der Waals surface area contributed by atoms with Crippen LogP contribution in [0, 0.1) is 5.82 Å². The van der Waals surface area contributed by atoms with Crippen molar-refractivity contribution in [3.63, 3.8) is 0 Å². The fourth-order valence-corrected chi connectivity index (χ4v) is 1.53. The van der Waals surface area contributed by atoms with Crippen molar-refractivity contribution in [3.8, 4) is 11.5 Å². The minimum atomic E-state index is -0.484. The smallest absolute Gasteiger partial charge is 0.199 e. The van der Waals surface area contributed by atoms with Crippen molar-refractivity contribution in [2.45, 2.75) is 25.6 Å². The third-order valence-electron chi connectivity index (χ3n) is 2.31. The van der Waals surface area contributed by atoms with Gasteiger partial charge < -0.3 is 14.6 Å². The van der Waals surface area contributed by atoms with Crippen LogP contribution in [-0.2, 0) is 4.74 Å². The Morgan fingerprint density at radius 1 is 1.40 bits per heavy atom. The zero-order valence-electron chi connectivity index (χ0n) is 8.28. The summed E-state index contributed by atoms with van der Waals surface area (Å²) in [6.07, 6.45) is 2.40. The third-order valence-corrected chi connectivity index (χ3v) is 2.31. The average molecular weight is 212 g/mol. The number of hydrogen-bond acceptors (Lipinski definition) is 3. The fourth-order valence-electron chi connectivity index (χ4n) is 1.53. The molecule has 1 saturated heterocycles. The van der Waals surface area contributed by atoms with E-state index in [2.05, 4.69) is 0 Å². The zero-order valence-corrected chi connectivity index (χ0v) is 8.28. The maximum atomic E-state index is 13.2. The van der Waals surface area contributed by atoms with Crippen LogP contribution in [0.1, 0.15) is 19.3 Å². The topological polar surface area (TPSA) is 38.7 Å². The van der Waals surface area contributed by atoms with Gasteiger partial charge in [0.1, 0.15) is 5.75 Å². The molecule has 1 aliphatic rings. The summed E-state index contributed by atoms with van der Waals surface area (Å²) in [7, 11) is 0. The van der Waals surface area contributed by atoms with E-state index in [0.717, 1.165) is 19.3 Å². The molecule has 4 heteroatoms. The second-order valence-corrected chi connectivity index (χ2v) is 3.53. The molecular weight excluding hydrogens is 199 g/mol. The van der Waals surface area contributed by atoms with E-state index >= 15 is 0 Å². The Bertz CT molecular complexity index is 335. The minimum absolute atomic E-state index is 0.0118. The third kappa shape index (κ3) is 2.59. The predicted molar refractivity (Wildman–Crippen MR) is 52.3 cm³/mol. The summed E-state index contributed by atoms with van der Waals surface area (Å²) < 4.78 is 23.8. The standard InChI is InChI=1S/C11H13FO3/c12-9-5-4-8(13)7-10(9)15-11-3-1-2-6-14-11/h4-5,7,11,13H,1-3,6H2/t11-/m0/s1. The lowest BCUT2D eigenvalue weighted by molar-refractivity contribution is -0.107. The van der Waals surface area contributed by atoms with Crippen LogP contribution in [0.4, 0.5) is 4.39 Å². The van der Waals surface area contributed by atoms with Crippen molar-refractivity contribution in [2.75, 3.05) is 6.61 Å². The first kappa shape index (κ1) is 10.2. The first-order valence-corrected chi connectivity index (χ1v) is 5.02. The van der Waals surface area contributed by atoms with Gasteiger partial charge in [-0.15, -0.1) is 0 Å². The molecule has 1 aromatic carbocycles. The molecule has 0 amide bonds. The Balaban J connectivity index is 2.05. The summed E-state index contributed by atoms with van der Waals surface area (Å²) in [5, 5.41) is 9.18. The molecule has 1 atom stereocenters. The Hall–Kier alpha value is -1.29. The van der Waals surface area contributed by atoms with E-state index in [4.69, 9.17) is 9.47 Å². The highest BCUT2D eigenvalue weighted by Crippen LogP contribution is 2.25. The molecule has 1 N–H and O–H groups in total. The van der Waals surface area contributed by atoms with E-state index in [9.17, 15) is 9.50 Å². The van der Waals surface area contributed by atoms with Crippen LogP contribution in [-0.4, -0.2) is 18.0 Å². The molecule has 0 aliphatic carbocycles. The van der Waals surface area contributed by atoms with Crippen LogP contribution in [0.3, 0.4) is 0 Å². The molecule has 1 fully saturated rings. The van der Waals surface area contributed by atoms with E-state index in [1.807, 2.05) is 0 Å². The highest BCUT2D eigenvalue weighted by atomic mass is 19.1. The number of phenolic OH excluding ortho intramolecular Hbond substituents is 1. The van der Waals surface area contributed by atoms with E-state index in [1.165, 1.54) is 18.2 Å². The molecule has 0 unspecified atom stereocenters. The number of aromatic hydroxyl groups is 1. The lowest BCUT2D eigenvalue weighted by Gasteiger charge is -2.23. The molecule has 3 nitrogen and oxygen atoms in total. The number of ether oxygens (including phenoxy) is 2. The van der Waals surface area contributed by atoms with E-state index in [-0.39, 0.29) is 11.5 Å². The quantitative estimate of drug-likeness (QED) is 0.818. The van der Waals surface area contributed by atoms with Crippen LogP contribution < -0.4 is 4.74 Å². The van der Waals surface area contributed by atoms with Crippen molar-refractivity contribution in [1.82, 2.24) is 0 Å². The van der Waals surface area contributed by atoms with Crippen LogP contribution >= 0.6 is 0 Å². The summed E-state index contributed by atoms with van der Waals surface area (Å²) in [6.45, 7) is 0.644. The van der Waals surface area contributed by atoms with E-state index in [1.54, 1.807) is 0 Å². The van der Waals surface area contributed by atoms with Gasteiger partial charge in [-0.25, -0.2) is 4.39 Å². The van der Waals surface area contributed by atoms with Gasteiger partial charge in [-0.3, -0.25) is 0 Å². The Morgan fingerprint density at radius 2 is 2.27 bits per heavy atom. The van der Waals surface area contributed by atoms with E-state index < -0.39 is 12.1 Å². The lowest BCUT2D eigenvalue weighted by atomic mass is 10.2. The van der Waals surface area contributed by atoms with Gasteiger partial charge in [0, 0.05) is 12.5 Å². The molecule has 0 spiro atoms. The maximum absolute atomic E-state index is 13.2. The molecule has 1 aliphatic heterocycles.